The van der Waals surface area contributed by atoms with E-state index in [1.807, 2.05) is 0 Å². The number of carbonyl (C=O) groups excluding carboxylic acids is 7. The van der Waals surface area contributed by atoms with Gasteiger partial charge in [0.1, 0.15) is 42.3 Å². The maximum atomic E-state index is 14.3. The van der Waals surface area contributed by atoms with Gasteiger partial charge in [0.15, 0.2) is 0 Å². The molecule has 19 heteroatoms. The van der Waals surface area contributed by atoms with Crippen LogP contribution >= 0.6 is 11.8 Å². The van der Waals surface area contributed by atoms with Crippen molar-refractivity contribution in [2.45, 2.75) is 119 Å². The first kappa shape index (κ1) is 40.5. The van der Waals surface area contributed by atoms with Gasteiger partial charge in [0.05, 0.1) is 22.8 Å². The standard InChI is InChI=1S/C35H48N8O10S/c1-15-27(46)38-22-11-20-19-8-6-7-9-21(19)41-33(20)54-14-24(34(52)43-13-18(45)10-25(43)31(50)37-15)40-32(51)26(17(3)44)42-28(47)16(2)36-30(49)23(39-29(22)48)12-35(4,5)53/h6-9,15-18,22-26,41,44-45,53H,10-14H2,1-5H3,(H,36,49)(H,37,50)(H,38,46)(H,39,48)(H,40,51)(H,42,47). The fraction of sp³-hybridized carbons (Fsp3) is 0.571. The number of fused-ring (bicyclic) bond motifs is 5. The second kappa shape index (κ2) is 16.3. The van der Waals surface area contributed by atoms with Crippen LogP contribution in [0.25, 0.3) is 10.9 Å². The van der Waals surface area contributed by atoms with Crippen molar-refractivity contribution in [2.75, 3.05) is 12.3 Å². The predicted molar refractivity (Wildman–Crippen MR) is 194 cm³/mol. The summed E-state index contributed by atoms with van der Waals surface area (Å²) >= 11 is 1.11. The van der Waals surface area contributed by atoms with Gasteiger partial charge in [-0.05, 0) is 46.2 Å². The van der Waals surface area contributed by atoms with Crippen LogP contribution in [-0.4, -0.2) is 139 Å². The van der Waals surface area contributed by atoms with Crippen LogP contribution < -0.4 is 31.9 Å². The van der Waals surface area contributed by atoms with Gasteiger partial charge in [-0.15, -0.1) is 11.8 Å². The van der Waals surface area contributed by atoms with Crippen LogP contribution in [-0.2, 0) is 40.0 Å². The highest BCUT2D eigenvalue weighted by Crippen LogP contribution is 2.32. The van der Waals surface area contributed by atoms with Gasteiger partial charge in [0.25, 0.3) is 0 Å². The molecule has 54 heavy (non-hydrogen) atoms. The molecule has 0 saturated carbocycles. The molecule has 294 valence electrons. The van der Waals surface area contributed by atoms with Crippen LogP contribution in [0, 0.1) is 0 Å². The zero-order valence-corrected chi connectivity index (χ0v) is 31.4. The monoisotopic (exact) mass is 772 g/mol. The molecule has 9 unspecified atom stereocenters. The SMILES string of the molecule is CC1NC(=O)C(CC(C)(C)O)NC(=O)C2Cc3c([nH]c4ccccc34)SCC(NC(=O)C(C(C)O)NC1=O)C(=O)N1CC(O)CC1C(=O)NC(C)C(=O)N2. The normalized spacial score (nSPS) is 30.2. The lowest BCUT2D eigenvalue weighted by atomic mass is 9.97. The van der Waals surface area contributed by atoms with Gasteiger partial charge >= 0.3 is 0 Å². The number of aliphatic hydroxyl groups excluding tert-OH is 2. The number of thioether (sulfide) groups is 1. The van der Waals surface area contributed by atoms with E-state index in [9.17, 15) is 48.9 Å². The summed E-state index contributed by atoms with van der Waals surface area (Å²) in [7, 11) is 0. The van der Waals surface area contributed by atoms with Crippen molar-refractivity contribution in [1.82, 2.24) is 41.8 Å². The molecule has 5 rings (SSSR count). The zero-order valence-electron chi connectivity index (χ0n) is 30.6. The maximum Gasteiger partial charge on any atom is 0.246 e. The van der Waals surface area contributed by atoms with E-state index in [1.165, 1.54) is 34.6 Å². The molecule has 0 radical (unpaired) electrons. The van der Waals surface area contributed by atoms with Gasteiger partial charge in [-0.25, -0.2) is 0 Å². The molecular formula is C35H48N8O10S. The lowest BCUT2D eigenvalue weighted by molar-refractivity contribution is -0.142. The first-order valence-electron chi connectivity index (χ1n) is 17.8. The molecule has 18 nitrogen and oxygen atoms in total. The van der Waals surface area contributed by atoms with Gasteiger partial charge in [0, 0.05) is 42.5 Å². The third-order valence-corrected chi connectivity index (χ3v) is 10.7. The highest BCUT2D eigenvalue weighted by atomic mass is 32.2. The fourth-order valence-corrected chi connectivity index (χ4v) is 7.85. The average molecular weight is 773 g/mol. The Balaban J connectivity index is 1.69. The van der Waals surface area contributed by atoms with Crippen LogP contribution in [0.3, 0.4) is 0 Å². The largest absolute Gasteiger partial charge is 0.391 e. The lowest BCUT2D eigenvalue weighted by Crippen LogP contribution is -2.61. The molecule has 3 aliphatic heterocycles. The lowest BCUT2D eigenvalue weighted by Gasteiger charge is -2.30. The van der Waals surface area contributed by atoms with Crippen LogP contribution in [0.5, 0.6) is 0 Å². The van der Waals surface area contributed by atoms with Crippen molar-refractivity contribution >= 4 is 64.0 Å². The Morgan fingerprint density at radius 3 is 2.13 bits per heavy atom. The first-order valence-corrected chi connectivity index (χ1v) is 18.7. The molecule has 7 amide bonds. The van der Waals surface area contributed by atoms with E-state index in [4.69, 9.17) is 0 Å². The van der Waals surface area contributed by atoms with E-state index >= 15 is 0 Å². The summed E-state index contributed by atoms with van der Waals surface area (Å²) in [6.07, 6.45) is -3.20. The molecule has 2 bridgehead atoms. The molecule has 3 aliphatic rings. The molecule has 2 aromatic rings. The number of aromatic nitrogens is 1. The summed E-state index contributed by atoms with van der Waals surface area (Å²) in [5.41, 5.74) is -0.275. The summed E-state index contributed by atoms with van der Waals surface area (Å²) in [5.74, 6) is -5.91. The van der Waals surface area contributed by atoms with Gasteiger partial charge in [0.2, 0.25) is 41.4 Å². The molecule has 1 aromatic heterocycles. The van der Waals surface area contributed by atoms with Crippen LogP contribution in [0.2, 0.25) is 0 Å². The van der Waals surface area contributed by atoms with Gasteiger partial charge < -0.3 is 57.1 Å². The predicted octanol–water partition coefficient (Wildman–Crippen LogP) is -2.72. The van der Waals surface area contributed by atoms with Crippen molar-refractivity contribution in [3.63, 3.8) is 0 Å². The summed E-state index contributed by atoms with van der Waals surface area (Å²) in [6.45, 7) is 6.55. The summed E-state index contributed by atoms with van der Waals surface area (Å²) in [6, 6.07) is -2.39. The van der Waals surface area contributed by atoms with Crippen molar-refractivity contribution in [3.8, 4) is 0 Å². The van der Waals surface area contributed by atoms with E-state index < -0.39 is 101 Å². The number of para-hydroxylation sites is 1. The van der Waals surface area contributed by atoms with Crippen molar-refractivity contribution in [3.05, 3.63) is 29.8 Å². The second-order valence-corrected chi connectivity index (χ2v) is 15.8. The number of nitrogens with one attached hydrogen (secondary N) is 7. The molecule has 1 fully saturated rings. The second-order valence-electron chi connectivity index (χ2n) is 14.8. The Kier molecular flexibility index (Phi) is 12.2. The molecule has 1 aromatic carbocycles. The maximum absolute atomic E-state index is 14.3. The van der Waals surface area contributed by atoms with Crippen LogP contribution in [0.4, 0.5) is 0 Å². The highest BCUT2D eigenvalue weighted by molar-refractivity contribution is 7.99. The van der Waals surface area contributed by atoms with Crippen molar-refractivity contribution < 1.29 is 48.9 Å². The Morgan fingerprint density at radius 1 is 0.833 bits per heavy atom. The first-order chi connectivity index (χ1) is 25.3. The summed E-state index contributed by atoms with van der Waals surface area (Å²) in [5, 5.41) is 48.5. The summed E-state index contributed by atoms with van der Waals surface area (Å²) in [4.78, 5) is 101. The van der Waals surface area contributed by atoms with E-state index in [2.05, 4.69) is 36.9 Å². The van der Waals surface area contributed by atoms with Gasteiger partial charge in [-0.2, -0.15) is 0 Å². The minimum absolute atomic E-state index is 0.143. The number of benzene rings is 1. The number of rotatable bonds is 3. The Morgan fingerprint density at radius 2 is 1.46 bits per heavy atom. The quantitative estimate of drug-likeness (QED) is 0.153. The number of amides is 7. The smallest absolute Gasteiger partial charge is 0.246 e. The van der Waals surface area contributed by atoms with Gasteiger partial charge in [-0.3, -0.25) is 33.6 Å². The molecule has 4 heterocycles. The number of carbonyl (C=O) groups is 7. The number of H-pyrrole nitrogens is 1. The third kappa shape index (κ3) is 9.31. The molecule has 0 aliphatic carbocycles. The molecule has 10 N–H and O–H groups in total. The van der Waals surface area contributed by atoms with Crippen molar-refractivity contribution in [2.24, 2.45) is 0 Å². The number of nitrogens with zero attached hydrogens (tertiary/aromatic N) is 1. The molecule has 0 spiro atoms. The average Bonchev–Trinajstić information content (AvgIpc) is 3.65. The number of aliphatic hydroxyl groups is 3. The Labute approximate surface area is 315 Å². The summed E-state index contributed by atoms with van der Waals surface area (Å²) < 4.78 is 0. The minimum Gasteiger partial charge on any atom is -0.391 e. The fourth-order valence-electron chi connectivity index (χ4n) is 6.74. The minimum atomic E-state index is -1.61. The Bertz CT molecular complexity index is 1810. The van der Waals surface area contributed by atoms with Crippen LogP contribution in [0.1, 0.15) is 53.0 Å². The van der Waals surface area contributed by atoms with E-state index in [-0.39, 0.29) is 31.6 Å². The zero-order chi connectivity index (χ0) is 39.6. The van der Waals surface area contributed by atoms with Crippen LogP contribution in [0.15, 0.2) is 29.3 Å². The Hall–Kier alpha value is -4.72. The van der Waals surface area contributed by atoms with E-state index in [1.54, 1.807) is 24.3 Å². The molecule has 1 saturated heterocycles. The van der Waals surface area contributed by atoms with E-state index in [0.717, 1.165) is 16.7 Å². The highest BCUT2D eigenvalue weighted by Gasteiger charge is 2.44. The topological polar surface area (TPSA) is 271 Å². The molecular weight excluding hydrogens is 724 g/mol. The van der Waals surface area contributed by atoms with Gasteiger partial charge in [-0.1, -0.05) is 18.2 Å². The number of hydrogen-bond acceptors (Lipinski definition) is 11. The number of aromatic amines is 1. The van der Waals surface area contributed by atoms with Crippen molar-refractivity contribution in [1.29, 1.82) is 0 Å². The molecule has 9 atom stereocenters. The van der Waals surface area contributed by atoms with E-state index in [0.29, 0.717) is 21.5 Å². The number of hydrogen-bond donors (Lipinski definition) is 10. The third-order valence-electron chi connectivity index (χ3n) is 9.59.